The Morgan fingerprint density at radius 1 is 1.19 bits per heavy atom. The van der Waals surface area contributed by atoms with E-state index in [0.29, 0.717) is 12.1 Å². The minimum Gasteiger partial charge on any atom is -0.340 e. The Kier molecular flexibility index (Phi) is 2.96. The summed E-state index contributed by atoms with van der Waals surface area (Å²) in [6, 6.07) is 0.985. The van der Waals surface area contributed by atoms with Crippen LogP contribution in [0.15, 0.2) is 12.1 Å². The molecule has 1 saturated heterocycles. The highest BCUT2D eigenvalue weighted by atomic mass is 19.1. The van der Waals surface area contributed by atoms with Gasteiger partial charge in [0.15, 0.2) is 11.6 Å². The molecule has 1 N–H and O–H groups in total. The zero-order valence-electron chi connectivity index (χ0n) is 11.3. The molecule has 1 heterocycles. The SMILES string of the molecule is CC1(C2CC2)NC(=O)CN(c2c(F)cc(F)cc2F)C1=O. The lowest BCUT2D eigenvalue weighted by Crippen LogP contribution is -2.67. The topological polar surface area (TPSA) is 49.4 Å². The molecule has 3 rings (SSSR count). The van der Waals surface area contributed by atoms with Gasteiger partial charge in [-0.05, 0) is 25.7 Å². The Morgan fingerprint density at radius 3 is 2.29 bits per heavy atom. The second-order valence-electron chi connectivity index (χ2n) is 5.63. The van der Waals surface area contributed by atoms with E-state index in [4.69, 9.17) is 0 Å². The van der Waals surface area contributed by atoms with Crippen LogP contribution in [0, 0.1) is 23.4 Å². The van der Waals surface area contributed by atoms with Crippen molar-refractivity contribution in [2.75, 3.05) is 11.4 Å². The zero-order chi connectivity index (χ0) is 15.4. The van der Waals surface area contributed by atoms with Gasteiger partial charge in [-0.15, -0.1) is 0 Å². The van der Waals surface area contributed by atoms with Crippen molar-refractivity contribution in [3.05, 3.63) is 29.6 Å². The average Bonchev–Trinajstić information content (AvgIpc) is 3.18. The van der Waals surface area contributed by atoms with E-state index in [9.17, 15) is 22.8 Å². The van der Waals surface area contributed by atoms with Gasteiger partial charge in [-0.3, -0.25) is 14.5 Å². The highest BCUT2D eigenvalue weighted by molar-refractivity contribution is 6.09. The highest BCUT2D eigenvalue weighted by Gasteiger charge is 2.53. The first-order chi connectivity index (χ1) is 9.83. The van der Waals surface area contributed by atoms with Crippen LogP contribution in [0.3, 0.4) is 0 Å². The predicted octanol–water partition coefficient (Wildman–Crippen LogP) is 1.74. The summed E-state index contributed by atoms with van der Waals surface area (Å²) in [4.78, 5) is 25.1. The third-order valence-corrected chi connectivity index (χ3v) is 4.04. The number of hydrogen-bond acceptors (Lipinski definition) is 2. The molecule has 2 fully saturated rings. The molecule has 1 atom stereocenters. The Bertz CT molecular complexity index is 622. The maximum atomic E-state index is 13.9. The Morgan fingerprint density at radius 2 is 1.76 bits per heavy atom. The molecule has 1 unspecified atom stereocenters. The van der Waals surface area contributed by atoms with Gasteiger partial charge >= 0.3 is 0 Å². The van der Waals surface area contributed by atoms with E-state index in [2.05, 4.69) is 5.32 Å². The highest BCUT2D eigenvalue weighted by Crippen LogP contribution is 2.42. The predicted molar refractivity (Wildman–Crippen MR) is 67.9 cm³/mol. The number of hydrogen-bond donors (Lipinski definition) is 1. The van der Waals surface area contributed by atoms with Crippen LogP contribution in [0.2, 0.25) is 0 Å². The first kappa shape index (κ1) is 13.9. The first-order valence-corrected chi connectivity index (χ1v) is 6.60. The van der Waals surface area contributed by atoms with Gasteiger partial charge in [-0.2, -0.15) is 0 Å². The van der Waals surface area contributed by atoms with Crippen molar-refractivity contribution in [2.24, 2.45) is 5.92 Å². The molecular formula is C14H13F3N2O2. The minimum atomic E-state index is -1.20. The molecular weight excluding hydrogens is 285 g/mol. The van der Waals surface area contributed by atoms with E-state index >= 15 is 0 Å². The van der Waals surface area contributed by atoms with E-state index in [-0.39, 0.29) is 5.92 Å². The fourth-order valence-electron chi connectivity index (χ4n) is 2.79. The summed E-state index contributed by atoms with van der Waals surface area (Å²) in [7, 11) is 0. The number of halogens is 3. The second-order valence-corrected chi connectivity index (χ2v) is 5.63. The average molecular weight is 298 g/mol. The molecule has 1 saturated carbocycles. The van der Waals surface area contributed by atoms with Gasteiger partial charge in [0.05, 0.1) is 0 Å². The summed E-state index contributed by atoms with van der Waals surface area (Å²) >= 11 is 0. The lowest BCUT2D eigenvalue weighted by atomic mass is 9.91. The van der Waals surface area contributed by atoms with E-state index in [1.165, 1.54) is 0 Å². The molecule has 7 heteroatoms. The third kappa shape index (κ3) is 2.16. The number of benzene rings is 1. The molecule has 1 aliphatic heterocycles. The number of carbonyl (C=O) groups is 2. The number of anilines is 1. The molecule has 0 aromatic heterocycles. The number of nitrogens with zero attached hydrogens (tertiary/aromatic N) is 1. The van der Waals surface area contributed by atoms with Crippen LogP contribution in [0.1, 0.15) is 19.8 Å². The molecule has 1 aromatic carbocycles. The quantitative estimate of drug-likeness (QED) is 0.904. The number of amides is 2. The summed E-state index contributed by atoms with van der Waals surface area (Å²) in [5.74, 6) is -4.58. The lowest BCUT2D eigenvalue weighted by molar-refractivity contribution is -0.136. The van der Waals surface area contributed by atoms with Gasteiger partial charge in [0, 0.05) is 12.1 Å². The molecule has 0 radical (unpaired) electrons. The summed E-state index contributed by atoms with van der Waals surface area (Å²) in [6.45, 7) is 1.07. The monoisotopic (exact) mass is 298 g/mol. The molecule has 2 amide bonds. The zero-order valence-corrected chi connectivity index (χ0v) is 11.3. The molecule has 112 valence electrons. The summed E-state index contributed by atoms with van der Waals surface area (Å²) < 4.78 is 40.7. The Balaban J connectivity index is 2.05. The number of carbonyl (C=O) groups excluding carboxylic acids is 2. The van der Waals surface area contributed by atoms with Gasteiger partial charge in [0.2, 0.25) is 5.91 Å². The van der Waals surface area contributed by atoms with Gasteiger partial charge in [0.1, 0.15) is 23.6 Å². The largest absolute Gasteiger partial charge is 0.340 e. The molecule has 4 nitrogen and oxygen atoms in total. The minimum absolute atomic E-state index is 0.0386. The van der Waals surface area contributed by atoms with Crippen LogP contribution >= 0.6 is 0 Å². The van der Waals surface area contributed by atoms with Crippen LogP contribution < -0.4 is 10.2 Å². The standard InChI is InChI=1S/C14H13F3N2O2/c1-14(7-2-3-7)13(21)19(6-11(20)18-14)12-9(16)4-8(15)5-10(12)17/h4-5,7H,2-3,6H2,1H3,(H,18,20). The van der Waals surface area contributed by atoms with Crippen LogP contribution in [-0.4, -0.2) is 23.9 Å². The number of piperazine rings is 1. The van der Waals surface area contributed by atoms with Crippen molar-refractivity contribution < 1.29 is 22.8 Å². The van der Waals surface area contributed by atoms with Crippen molar-refractivity contribution in [2.45, 2.75) is 25.3 Å². The van der Waals surface area contributed by atoms with E-state index in [1.54, 1.807) is 6.92 Å². The van der Waals surface area contributed by atoms with Crippen LogP contribution in [0.25, 0.3) is 0 Å². The van der Waals surface area contributed by atoms with Crippen molar-refractivity contribution in [3.63, 3.8) is 0 Å². The van der Waals surface area contributed by atoms with Crippen LogP contribution in [0.5, 0.6) is 0 Å². The van der Waals surface area contributed by atoms with E-state index in [0.717, 1.165) is 17.7 Å². The summed E-state index contributed by atoms with van der Waals surface area (Å²) in [5, 5.41) is 2.61. The molecule has 21 heavy (non-hydrogen) atoms. The third-order valence-electron chi connectivity index (χ3n) is 4.04. The smallest absolute Gasteiger partial charge is 0.253 e. The maximum absolute atomic E-state index is 13.9. The van der Waals surface area contributed by atoms with Gasteiger partial charge < -0.3 is 5.32 Å². The summed E-state index contributed by atoms with van der Waals surface area (Å²) in [6.07, 6.45) is 1.54. The Hall–Kier alpha value is -2.05. The van der Waals surface area contributed by atoms with Gasteiger partial charge in [-0.25, -0.2) is 13.2 Å². The maximum Gasteiger partial charge on any atom is 0.253 e. The van der Waals surface area contributed by atoms with Crippen molar-refractivity contribution in [1.82, 2.24) is 5.32 Å². The molecule has 2 aliphatic rings. The van der Waals surface area contributed by atoms with Crippen LogP contribution in [-0.2, 0) is 9.59 Å². The fraction of sp³-hybridized carbons (Fsp3) is 0.429. The normalized spacial score (nSPS) is 26.0. The number of rotatable bonds is 2. The van der Waals surface area contributed by atoms with Crippen LogP contribution in [0.4, 0.5) is 18.9 Å². The second kappa shape index (κ2) is 4.47. The van der Waals surface area contributed by atoms with Crippen molar-refractivity contribution in [1.29, 1.82) is 0 Å². The van der Waals surface area contributed by atoms with E-state index < -0.39 is 47.0 Å². The molecule has 0 spiro atoms. The van der Waals surface area contributed by atoms with Gasteiger partial charge in [-0.1, -0.05) is 0 Å². The lowest BCUT2D eigenvalue weighted by Gasteiger charge is -2.40. The number of nitrogens with one attached hydrogen (secondary N) is 1. The fourth-order valence-corrected chi connectivity index (χ4v) is 2.79. The van der Waals surface area contributed by atoms with Gasteiger partial charge in [0.25, 0.3) is 5.91 Å². The molecule has 1 aromatic rings. The first-order valence-electron chi connectivity index (χ1n) is 6.60. The summed E-state index contributed by atoms with van der Waals surface area (Å²) in [5.41, 5.74) is -1.84. The van der Waals surface area contributed by atoms with Crippen molar-refractivity contribution in [3.8, 4) is 0 Å². The molecule has 1 aliphatic carbocycles. The molecule has 0 bridgehead atoms. The van der Waals surface area contributed by atoms with Crippen molar-refractivity contribution >= 4 is 17.5 Å². The van der Waals surface area contributed by atoms with E-state index in [1.807, 2.05) is 0 Å². The Labute approximate surface area is 118 Å².